The smallest absolute Gasteiger partial charge is 0.230 e. The Morgan fingerprint density at radius 3 is 2.48 bits per heavy atom. The van der Waals surface area contributed by atoms with E-state index in [2.05, 4.69) is 15.3 Å². The van der Waals surface area contributed by atoms with Crippen molar-refractivity contribution in [2.45, 2.75) is 34.1 Å². The lowest BCUT2D eigenvalue weighted by Gasteiger charge is -2.11. The molecule has 0 saturated carbocycles. The Kier molecular flexibility index (Phi) is 4.65. The lowest BCUT2D eigenvalue weighted by molar-refractivity contribution is -0.115. The maximum Gasteiger partial charge on any atom is 0.230 e. The summed E-state index contributed by atoms with van der Waals surface area (Å²) in [7, 11) is 0. The number of nitrogens with one attached hydrogen (secondary N) is 1. The highest BCUT2D eigenvalue weighted by molar-refractivity contribution is 5.93. The number of carbonyl (C=O) groups excluding carboxylic acids is 1. The minimum absolute atomic E-state index is 0.132. The Hall–Kier alpha value is -2.95. The van der Waals surface area contributed by atoms with Crippen molar-refractivity contribution in [1.82, 2.24) is 9.97 Å². The third kappa shape index (κ3) is 3.76. The number of anilines is 1. The third-order valence-electron chi connectivity index (χ3n) is 4.03. The predicted molar refractivity (Wildman–Crippen MR) is 97.5 cm³/mol. The second-order valence-corrected chi connectivity index (χ2v) is 6.15. The molecule has 0 atom stereocenters. The number of oxazole rings is 1. The quantitative estimate of drug-likeness (QED) is 0.777. The number of pyridine rings is 1. The minimum Gasteiger partial charge on any atom is -0.441 e. The van der Waals surface area contributed by atoms with E-state index in [4.69, 9.17) is 4.42 Å². The van der Waals surface area contributed by atoms with Gasteiger partial charge in [-0.1, -0.05) is 18.2 Å². The fourth-order valence-electron chi connectivity index (χ4n) is 2.84. The van der Waals surface area contributed by atoms with Crippen LogP contribution in [0, 0.1) is 27.7 Å². The Balaban J connectivity index is 1.77. The highest BCUT2D eigenvalue weighted by Gasteiger charge is 2.16. The van der Waals surface area contributed by atoms with Gasteiger partial charge < -0.3 is 9.73 Å². The summed E-state index contributed by atoms with van der Waals surface area (Å²) in [6.07, 6.45) is 0.162. The van der Waals surface area contributed by atoms with Gasteiger partial charge in [0.05, 0.1) is 23.5 Å². The Morgan fingerprint density at radius 2 is 1.80 bits per heavy atom. The molecule has 0 unspecified atom stereocenters. The van der Waals surface area contributed by atoms with Crippen LogP contribution in [0.3, 0.4) is 0 Å². The highest BCUT2D eigenvalue weighted by Crippen LogP contribution is 2.23. The summed E-state index contributed by atoms with van der Waals surface area (Å²) < 4.78 is 5.71. The second kappa shape index (κ2) is 6.89. The van der Waals surface area contributed by atoms with Crippen molar-refractivity contribution in [3.05, 3.63) is 64.8 Å². The lowest BCUT2D eigenvalue weighted by atomic mass is 10.1. The summed E-state index contributed by atoms with van der Waals surface area (Å²) in [5.41, 5.74) is 5.05. The number of hydrogen-bond donors (Lipinski definition) is 1. The van der Waals surface area contributed by atoms with E-state index in [0.717, 1.165) is 28.2 Å². The van der Waals surface area contributed by atoms with Crippen LogP contribution in [-0.2, 0) is 11.2 Å². The molecule has 2 aromatic heterocycles. The van der Waals surface area contributed by atoms with Gasteiger partial charge in [-0.05, 0) is 51.5 Å². The first-order valence-electron chi connectivity index (χ1n) is 8.20. The van der Waals surface area contributed by atoms with E-state index in [1.807, 2.05) is 64.1 Å². The topological polar surface area (TPSA) is 68.0 Å². The van der Waals surface area contributed by atoms with E-state index >= 15 is 0 Å². The number of rotatable bonds is 4. The summed E-state index contributed by atoms with van der Waals surface area (Å²) in [6.45, 7) is 7.62. The largest absolute Gasteiger partial charge is 0.441 e. The number of carbonyl (C=O) groups is 1. The molecule has 1 amide bonds. The van der Waals surface area contributed by atoms with Gasteiger partial charge in [0.15, 0.2) is 0 Å². The molecule has 1 aromatic carbocycles. The van der Waals surface area contributed by atoms with Gasteiger partial charge in [0.2, 0.25) is 11.8 Å². The van der Waals surface area contributed by atoms with E-state index in [1.165, 1.54) is 0 Å². The molecular weight excluding hydrogens is 314 g/mol. The molecule has 0 bridgehead atoms. The molecule has 0 spiro atoms. The fraction of sp³-hybridized carbons (Fsp3) is 0.250. The lowest BCUT2D eigenvalue weighted by Crippen LogP contribution is -2.17. The van der Waals surface area contributed by atoms with Crippen LogP contribution < -0.4 is 5.32 Å². The Labute approximate surface area is 147 Å². The number of amides is 1. The maximum absolute atomic E-state index is 12.4. The molecule has 0 aliphatic heterocycles. The van der Waals surface area contributed by atoms with Gasteiger partial charge in [-0.15, -0.1) is 0 Å². The first kappa shape index (κ1) is 16.9. The minimum atomic E-state index is -0.132. The molecule has 1 N–H and O–H groups in total. The van der Waals surface area contributed by atoms with E-state index in [9.17, 15) is 4.79 Å². The molecule has 3 rings (SSSR count). The summed E-state index contributed by atoms with van der Waals surface area (Å²) in [4.78, 5) is 21.3. The van der Waals surface area contributed by atoms with Gasteiger partial charge in [0.1, 0.15) is 5.76 Å². The van der Waals surface area contributed by atoms with Crippen molar-refractivity contribution in [3.8, 4) is 11.5 Å². The molecule has 0 aliphatic rings. The molecule has 5 heteroatoms. The van der Waals surface area contributed by atoms with Gasteiger partial charge >= 0.3 is 0 Å². The molecule has 0 radical (unpaired) electrons. The van der Waals surface area contributed by atoms with Crippen LogP contribution in [0.25, 0.3) is 11.5 Å². The predicted octanol–water partition coefficient (Wildman–Crippen LogP) is 4.15. The molecule has 5 nitrogen and oxygen atoms in total. The number of benzene rings is 1. The first-order valence-corrected chi connectivity index (χ1v) is 8.20. The van der Waals surface area contributed by atoms with Crippen molar-refractivity contribution in [3.63, 3.8) is 0 Å². The number of nitrogens with zero attached hydrogens (tertiary/aromatic N) is 2. The number of aromatic nitrogens is 2. The zero-order chi connectivity index (χ0) is 18.0. The first-order chi connectivity index (χ1) is 11.9. The van der Waals surface area contributed by atoms with Crippen molar-refractivity contribution >= 4 is 11.6 Å². The van der Waals surface area contributed by atoms with Gasteiger partial charge in [-0.25, -0.2) is 4.98 Å². The molecule has 25 heavy (non-hydrogen) atoms. The summed E-state index contributed by atoms with van der Waals surface area (Å²) in [5.74, 6) is 1.06. The van der Waals surface area contributed by atoms with E-state index < -0.39 is 0 Å². The molecule has 128 valence electrons. The number of aryl methyl sites for hydroxylation is 4. The molecule has 2 heterocycles. The van der Waals surface area contributed by atoms with E-state index in [-0.39, 0.29) is 12.3 Å². The standard InChI is InChI=1S/C20H21N3O2/c1-12-10-13(2)21-14(3)19(12)23-18(24)11-17-15(4)25-20(22-17)16-8-6-5-7-9-16/h5-10H,11H2,1-4H3,(H,23,24). The van der Waals surface area contributed by atoms with Crippen molar-refractivity contribution in [2.24, 2.45) is 0 Å². The molecule has 0 aliphatic carbocycles. The van der Waals surface area contributed by atoms with Crippen LogP contribution in [-0.4, -0.2) is 15.9 Å². The van der Waals surface area contributed by atoms with Crippen LogP contribution >= 0.6 is 0 Å². The average Bonchev–Trinajstić information content (AvgIpc) is 2.92. The molecular formula is C20H21N3O2. The Morgan fingerprint density at radius 1 is 1.08 bits per heavy atom. The summed E-state index contributed by atoms with van der Waals surface area (Å²) in [5, 5.41) is 2.95. The van der Waals surface area contributed by atoms with Crippen LogP contribution in [0.15, 0.2) is 40.8 Å². The zero-order valence-electron chi connectivity index (χ0n) is 14.9. The van der Waals surface area contributed by atoms with Gasteiger partial charge in [0.25, 0.3) is 0 Å². The highest BCUT2D eigenvalue weighted by atomic mass is 16.4. The molecule has 0 saturated heterocycles. The van der Waals surface area contributed by atoms with E-state index in [1.54, 1.807) is 0 Å². The monoisotopic (exact) mass is 335 g/mol. The average molecular weight is 335 g/mol. The van der Waals surface area contributed by atoms with Crippen LogP contribution in [0.1, 0.15) is 28.4 Å². The molecule has 3 aromatic rings. The fourth-order valence-corrected chi connectivity index (χ4v) is 2.84. The van der Waals surface area contributed by atoms with E-state index in [0.29, 0.717) is 17.3 Å². The van der Waals surface area contributed by atoms with Crippen LogP contribution in [0.2, 0.25) is 0 Å². The SMILES string of the molecule is Cc1cc(C)c(NC(=O)Cc2nc(-c3ccccc3)oc2C)c(C)n1. The normalized spacial score (nSPS) is 10.7. The Bertz CT molecular complexity index is 891. The summed E-state index contributed by atoms with van der Waals surface area (Å²) >= 11 is 0. The van der Waals surface area contributed by atoms with Gasteiger partial charge in [0, 0.05) is 11.3 Å². The maximum atomic E-state index is 12.4. The van der Waals surface area contributed by atoms with Crippen LogP contribution in [0.4, 0.5) is 5.69 Å². The number of hydrogen-bond acceptors (Lipinski definition) is 4. The molecule has 0 fully saturated rings. The zero-order valence-corrected chi connectivity index (χ0v) is 14.9. The second-order valence-electron chi connectivity index (χ2n) is 6.15. The third-order valence-corrected chi connectivity index (χ3v) is 4.03. The van der Waals surface area contributed by atoms with Crippen molar-refractivity contribution < 1.29 is 9.21 Å². The van der Waals surface area contributed by atoms with Crippen LogP contribution in [0.5, 0.6) is 0 Å². The van der Waals surface area contributed by atoms with Crippen molar-refractivity contribution in [2.75, 3.05) is 5.32 Å². The van der Waals surface area contributed by atoms with Gasteiger partial charge in [-0.3, -0.25) is 9.78 Å². The van der Waals surface area contributed by atoms with Gasteiger partial charge in [-0.2, -0.15) is 0 Å². The van der Waals surface area contributed by atoms with Crippen molar-refractivity contribution in [1.29, 1.82) is 0 Å². The summed E-state index contributed by atoms with van der Waals surface area (Å²) in [6, 6.07) is 11.6.